The van der Waals surface area contributed by atoms with E-state index in [0.29, 0.717) is 17.9 Å². The topological polar surface area (TPSA) is 75.9 Å². The monoisotopic (exact) mass is 357 g/mol. The lowest BCUT2D eigenvalue weighted by molar-refractivity contribution is 0.535. The molecule has 1 aliphatic rings. The Hall–Kier alpha value is -3.41. The second-order valence-electron chi connectivity index (χ2n) is 6.79. The molecule has 2 aromatic heterocycles. The first-order valence-corrected chi connectivity index (χ1v) is 9.07. The van der Waals surface area contributed by atoms with Crippen LogP contribution in [0.1, 0.15) is 29.5 Å². The Morgan fingerprint density at radius 3 is 2.85 bits per heavy atom. The molecule has 0 unspecified atom stereocenters. The third-order valence-corrected chi connectivity index (χ3v) is 4.92. The molecule has 134 valence electrons. The fourth-order valence-electron chi connectivity index (χ4n) is 3.64. The summed E-state index contributed by atoms with van der Waals surface area (Å²) < 4.78 is 5.36. The molecule has 0 radical (unpaired) electrons. The number of aryl methyl sites for hydroxylation is 2. The Morgan fingerprint density at radius 1 is 1.04 bits per heavy atom. The molecule has 4 aromatic rings. The number of aromatic nitrogens is 3. The largest absolute Gasteiger partial charge is 0.408 e. The molecule has 2 heterocycles. The standard InChI is InChI=1S/C21H19N5O/c1-13-25-26-21(27-13)22-16-8-10-18-15(12-16)7-11-20(23-18)24-19-9-6-14-4-2-3-5-17(14)19/h2-5,7-8,10-12,19H,6,9H2,1H3,(H,22,26)(H,23,24)/t19-/m1/s1. The molecule has 0 saturated carbocycles. The molecule has 2 aromatic carbocycles. The summed E-state index contributed by atoms with van der Waals surface area (Å²) in [5.41, 5.74) is 4.65. The van der Waals surface area contributed by atoms with Crippen LogP contribution in [-0.4, -0.2) is 15.2 Å². The highest BCUT2D eigenvalue weighted by atomic mass is 16.4. The van der Waals surface area contributed by atoms with Crippen LogP contribution in [0.15, 0.2) is 59.0 Å². The van der Waals surface area contributed by atoms with Crippen LogP contribution in [0.25, 0.3) is 10.9 Å². The minimum atomic E-state index is 0.327. The molecule has 0 amide bonds. The Balaban J connectivity index is 1.37. The minimum absolute atomic E-state index is 0.327. The van der Waals surface area contributed by atoms with Crippen molar-refractivity contribution >= 4 is 28.4 Å². The van der Waals surface area contributed by atoms with Gasteiger partial charge in [0.2, 0.25) is 5.89 Å². The van der Waals surface area contributed by atoms with Crippen molar-refractivity contribution in [2.24, 2.45) is 0 Å². The van der Waals surface area contributed by atoms with Gasteiger partial charge in [-0.2, -0.15) is 0 Å². The lowest BCUT2D eigenvalue weighted by Crippen LogP contribution is -2.08. The second-order valence-corrected chi connectivity index (χ2v) is 6.79. The molecule has 27 heavy (non-hydrogen) atoms. The zero-order valence-electron chi connectivity index (χ0n) is 14.9. The average Bonchev–Trinajstić information content (AvgIpc) is 3.28. The minimum Gasteiger partial charge on any atom is -0.408 e. The van der Waals surface area contributed by atoms with E-state index in [1.54, 1.807) is 6.92 Å². The van der Waals surface area contributed by atoms with Gasteiger partial charge >= 0.3 is 6.01 Å². The van der Waals surface area contributed by atoms with E-state index in [1.165, 1.54) is 11.1 Å². The average molecular weight is 357 g/mol. The van der Waals surface area contributed by atoms with Gasteiger partial charge in [-0.25, -0.2) is 4.98 Å². The molecular formula is C21H19N5O. The molecule has 0 bridgehead atoms. The van der Waals surface area contributed by atoms with Crippen LogP contribution in [0.2, 0.25) is 0 Å². The van der Waals surface area contributed by atoms with Crippen molar-refractivity contribution in [2.75, 3.05) is 10.6 Å². The zero-order chi connectivity index (χ0) is 18.2. The van der Waals surface area contributed by atoms with E-state index in [1.807, 2.05) is 24.3 Å². The lowest BCUT2D eigenvalue weighted by Gasteiger charge is -2.15. The molecular weight excluding hydrogens is 338 g/mol. The maximum atomic E-state index is 5.36. The number of hydrogen-bond donors (Lipinski definition) is 2. The number of fused-ring (bicyclic) bond motifs is 2. The van der Waals surface area contributed by atoms with Gasteiger partial charge in [0.05, 0.1) is 11.6 Å². The Bertz CT molecular complexity index is 1120. The third-order valence-electron chi connectivity index (χ3n) is 4.92. The predicted molar refractivity (Wildman–Crippen MR) is 105 cm³/mol. The second kappa shape index (κ2) is 6.39. The van der Waals surface area contributed by atoms with Crippen LogP contribution in [0.5, 0.6) is 0 Å². The van der Waals surface area contributed by atoms with Crippen molar-refractivity contribution in [1.82, 2.24) is 15.2 Å². The van der Waals surface area contributed by atoms with Crippen molar-refractivity contribution in [2.45, 2.75) is 25.8 Å². The Labute approximate surface area is 156 Å². The summed E-state index contributed by atoms with van der Waals surface area (Å²) in [6.07, 6.45) is 2.22. The summed E-state index contributed by atoms with van der Waals surface area (Å²) >= 11 is 0. The number of pyridine rings is 1. The van der Waals surface area contributed by atoms with Crippen molar-refractivity contribution in [3.63, 3.8) is 0 Å². The van der Waals surface area contributed by atoms with Gasteiger partial charge in [0, 0.05) is 18.0 Å². The van der Waals surface area contributed by atoms with Gasteiger partial charge in [-0.05, 0) is 54.3 Å². The van der Waals surface area contributed by atoms with Crippen molar-refractivity contribution in [3.8, 4) is 0 Å². The summed E-state index contributed by atoms with van der Waals surface area (Å²) in [5.74, 6) is 1.43. The number of anilines is 3. The molecule has 0 saturated heterocycles. The first-order valence-electron chi connectivity index (χ1n) is 9.07. The molecule has 5 rings (SSSR count). The highest BCUT2D eigenvalue weighted by Crippen LogP contribution is 2.33. The first kappa shape index (κ1) is 15.8. The highest BCUT2D eigenvalue weighted by molar-refractivity contribution is 5.84. The summed E-state index contributed by atoms with van der Waals surface area (Å²) in [6, 6.07) is 19.4. The Morgan fingerprint density at radius 2 is 1.96 bits per heavy atom. The van der Waals surface area contributed by atoms with E-state index in [0.717, 1.165) is 35.2 Å². The lowest BCUT2D eigenvalue weighted by atomic mass is 10.1. The van der Waals surface area contributed by atoms with E-state index in [9.17, 15) is 0 Å². The summed E-state index contributed by atoms with van der Waals surface area (Å²) in [7, 11) is 0. The van der Waals surface area contributed by atoms with Gasteiger partial charge in [-0.1, -0.05) is 29.4 Å². The fraction of sp³-hybridized carbons (Fsp3) is 0.190. The zero-order valence-corrected chi connectivity index (χ0v) is 14.9. The molecule has 1 aliphatic carbocycles. The summed E-state index contributed by atoms with van der Waals surface area (Å²) in [5, 5.41) is 15.5. The fourth-order valence-corrected chi connectivity index (χ4v) is 3.64. The van der Waals surface area contributed by atoms with Gasteiger partial charge in [0.1, 0.15) is 5.82 Å². The van der Waals surface area contributed by atoms with E-state index < -0.39 is 0 Å². The molecule has 1 atom stereocenters. The van der Waals surface area contributed by atoms with Crippen LogP contribution in [0, 0.1) is 6.92 Å². The highest BCUT2D eigenvalue weighted by Gasteiger charge is 2.21. The number of benzene rings is 2. The third kappa shape index (κ3) is 3.10. The van der Waals surface area contributed by atoms with E-state index in [-0.39, 0.29) is 0 Å². The van der Waals surface area contributed by atoms with E-state index in [2.05, 4.69) is 51.2 Å². The van der Waals surface area contributed by atoms with Gasteiger partial charge in [-0.15, -0.1) is 5.10 Å². The van der Waals surface area contributed by atoms with Crippen molar-refractivity contribution in [1.29, 1.82) is 0 Å². The predicted octanol–water partition coefficient (Wildman–Crippen LogP) is 4.77. The van der Waals surface area contributed by atoms with Crippen LogP contribution >= 0.6 is 0 Å². The SMILES string of the molecule is Cc1nnc(Nc2ccc3nc(N[C@@H]4CCc5ccccc54)ccc3c2)o1. The molecule has 0 fully saturated rings. The van der Waals surface area contributed by atoms with Gasteiger partial charge in [0.15, 0.2) is 0 Å². The number of hydrogen-bond acceptors (Lipinski definition) is 6. The molecule has 2 N–H and O–H groups in total. The van der Waals surface area contributed by atoms with Gasteiger partial charge in [0.25, 0.3) is 0 Å². The summed E-state index contributed by atoms with van der Waals surface area (Å²) in [4.78, 5) is 4.77. The number of nitrogens with one attached hydrogen (secondary N) is 2. The smallest absolute Gasteiger partial charge is 0.320 e. The quantitative estimate of drug-likeness (QED) is 0.548. The Kier molecular flexibility index (Phi) is 3.74. The van der Waals surface area contributed by atoms with E-state index >= 15 is 0 Å². The summed E-state index contributed by atoms with van der Waals surface area (Å²) in [6.45, 7) is 1.76. The first-order chi connectivity index (χ1) is 13.2. The van der Waals surface area contributed by atoms with Crippen LogP contribution in [-0.2, 0) is 6.42 Å². The van der Waals surface area contributed by atoms with Crippen LogP contribution in [0.4, 0.5) is 17.5 Å². The van der Waals surface area contributed by atoms with Gasteiger partial charge in [-0.3, -0.25) is 0 Å². The normalized spacial score (nSPS) is 15.7. The number of rotatable bonds is 4. The maximum absolute atomic E-state index is 5.36. The van der Waals surface area contributed by atoms with Gasteiger partial charge < -0.3 is 15.1 Å². The van der Waals surface area contributed by atoms with Crippen LogP contribution < -0.4 is 10.6 Å². The molecule has 0 aliphatic heterocycles. The van der Waals surface area contributed by atoms with Crippen molar-refractivity contribution in [3.05, 3.63) is 71.6 Å². The molecule has 6 heteroatoms. The molecule has 0 spiro atoms. The number of nitrogens with zero attached hydrogens (tertiary/aromatic N) is 3. The van der Waals surface area contributed by atoms with Crippen molar-refractivity contribution < 1.29 is 4.42 Å². The maximum Gasteiger partial charge on any atom is 0.320 e. The van der Waals surface area contributed by atoms with Crippen LogP contribution in [0.3, 0.4) is 0 Å². The molecule has 6 nitrogen and oxygen atoms in total. The van der Waals surface area contributed by atoms with E-state index in [4.69, 9.17) is 9.40 Å².